The Hall–Kier alpha value is -3.11. The number of carbonyl (C=O) groups is 2. The Morgan fingerprint density at radius 3 is 2.55 bits per heavy atom. The summed E-state index contributed by atoms with van der Waals surface area (Å²) in [5, 5.41) is 10.6. The van der Waals surface area contributed by atoms with Crippen LogP contribution in [-0.4, -0.2) is 42.9 Å². The molecule has 1 aliphatic heterocycles. The SMILES string of the molecule is CC(c1cccc(S(N)(=O)=O)c1)N(C)C(=O)C1=NN(Cc2ccc(F)cc2)C(=O)CC1. The summed E-state index contributed by atoms with van der Waals surface area (Å²) in [6, 6.07) is 11.3. The molecular weight excluding hydrogens is 423 g/mol. The lowest BCUT2D eigenvalue weighted by Gasteiger charge is -2.29. The molecule has 1 heterocycles. The highest BCUT2D eigenvalue weighted by atomic mass is 32.2. The summed E-state index contributed by atoms with van der Waals surface area (Å²) in [6.07, 6.45) is 0.334. The maximum absolute atomic E-state index is 13.1. The van der Waals surface area contributed by atoms with Crippen LogP contribution in [0.25, 0.3) is 0 Å². The van der Waals surface area contributed by atoms with Gasteiger partial charge in [0.15, 0.2) is 0 Å². The first kappa shape index (κ1) is 22.6. The van der Waals surface area contributed by atoms with Gasteiger partial charge in [-0.05, 0) is 42.3 Å². The molecule has 0 aliphatic carbocycles. The predicted octanol–water partition coefficient (Wildman–Crippen LogP) is 2.17. The van der Waals surface area contributed by atoms with Crippen molar-refractivity contribution in [3.8, 4) is 0 Å². The molecule has 0 spiro atoms. The minimum atomic E-state index is -3.87. The Balaban J connectivity index is 1.79. The molecule has 164 valence electrons. The van der Waals surface area contributed by atoms with Crippen LogP contribution in [0, 0.1) is 5.82 Å². The molecule has 0 saturated heterocycles. The lowest BCUT2D eigenvalue weighted by atomic mass is 10.1. The van der Waals surface area contributed by atoms with E-state index in [1.54, 1.807) is 38.2 Å². The van der Waals surface area contributed by atoms with E-state index >= 15 is 0 Å². The predicted molar refractivity (Wildman–Crippen MR) is 113 cm³/mol. The van der Waals surface area contributed by atoms with Gasteiger partial charge in [0.25, 0.3) is 5.91 Å². The standard InChI is InChI=1S/C21H23FN4O4S/c1-14(16-4-3-5-18(12-16)31(23,29)30)25(2)21(28)19-10-11-20(27)26(24-19)13-15-6-8-17(22)9-7-15/h3-9,12,14H,10-11,13H2,1-2H3,(H2,23,29,30). The number of rotatable bonds is 6. The number of primary sulfonamides is 1. The zero-order valence-electron chi connectivity index (χ0n) is 17.2. The molecule has 2 amide bonds. The lowest BCUT2D eigenvalue weighted by Crippen LogP contribution is -2.40. The number of amides is 2. The third-order valence-electron chi connectivity index (χ3n) is 5.17. The van der Waals surface area contributed by atoms with E-state index in [0.29, 0.717) is 11.1 Å². The van der Waals surface area contributed by atoms with E-state index in [4.69, 9.17) is 5.14 Å². The summed E-state index contributed by atoms with van der Waals surface area (Å²) >= 11 is 0. The van der Waals surface area contributed by atoms with E-state index in [1.807, 2.05) is 0 Å². The fraction of sp³-hybridized carbons (Fsp3) is 0.286. The van der Waals surface area contributed by atoms with Crippen molar-refractivity contribution in [3.05, 3.63) is 65.5 Å². The molecule has 10 heteroatoms. The molecule has 1 aliphatic rings. The van der Waals surface area contributed by atoms with Crippen molar-refractivity contribution in [2.75, 3.05) is 7.05 Å². The summed E-state index contributed by atoms with van der Waals surface area (Å²) < 4.78 is 36.3. The van der Waals surface area contributed by atoms with Crippen LogP contribution in [0.1, 0.15) is 36.9 Å². The topological polar surface area (TPSA) is 113 Å². The highest BCUT2D eigenvalue weighted by Crippen LogP contribution is 2.23. The number of benzene rings is 2. The number of carbonyl (C=O) groups excluding carboxylic acids is 2. The van der Waals surface area contributed by atoms with Crippen molar-refractivity contribution < 1.29 is 22.4 Å². The summed E-state index contributed by atoms with van der Waals surface area (Å²) in [5.41, 5.74) is 1.51. The van der Waals surface area contributed by atoms with Gasteiger partial charge in [0.2, 0.25) is 15.9 Å². The van der Waals surface area contributed by atoms with E-state index in [2.05, 4.69) is 5.10 Å². The van der Waals surface area contributed by atoms with Gasteiger partial charge in [-0.25, -0.2) is 23.0 Å². The lowest BCUT2D eigenvalue weighted by molar-refractivity contribution is -0.132. The van der Waals surface area contributed by atoms with Gasteiger partial charge < -0.3 is 4.90 Å². The van der Waals surface area contributed by atoms with E-state index in [0.717, 1.165) is 0 Å². The number of hydrogen-bond donors (Lipinski definition) is 1. The maximum atomic E-state index is 13.1. The molecule has 1 unspecified atom stereocenters. The molecule has 0 fully saturated rings. The van der Waals surface area contributed by atoms with Gasteiger partial charge in [0.05, 0.1) is 17.5 Å². The summed E-state index contributed by atoms with van der Waals surface area (Å²) in [5.74, 6) is -0.974. The first-order valence-electron chi connectivity index (χ1n) is 9.58. The average molecular weight is 447 g/mol. The van der Waals surface area contributed by atoms with Crippen LogP contribution in [0.2, 0.25) is 0 Å². The van der Waals surface area contributed by atoms with Crippen LogP contribution < -0.4 is 5.14 Å². The van der Waals surface area contributed by atoms with Gasteiger partial charge in [0, 0.05) is 19.9 Å². The van der Waals surface area contributed by atoms with E-state index in [9.17, 15) is 22.4 Å². The van der Waals surface area contributed by atoms with Gasteiger partial charge in [-0.3, -0.25) is 9.59 Å². The number of halogens is 1. The van der Waals surface area contributed by atoms with E-state index < -0.39 is 16.1 Å². The molecule has 3 rings (SSSR count). The van der Waals surface area contributed by atoms with Crippen molar-refractivity contribution in [1.82, 2.24) is 9.91 Å². The normalized spacial score (nSPS) is 15.4. The number of hydrogen-bond acceptors (Lipinski definition) is 5. The van der Waals surface area contributed by atoms with Gasteiger partial charge >= 0.3 is 0 Å². The van der Waals surface area contributed by atoms with Crippen molar-refractivity contribution in [2.24, 2.45) is 10.2 Å². The third-order valence-corrected chi connectivity index (χ3v) is 6.08. The van der Waals surface area contributed by atoms with Crippen LogP contribution >= 0.6 is 0 Å². The molecule has 0 saturated carbocycles. The fourth-order valence-corrected chi connectivity index (χ4v) is 3.76. The number of hydrazone groups is 1. The molecular formula is C21H23FN4O4S. The fourth-order valence-electron chi connectivity index (χ4n) is 3.20. The minimum absolute atomic E-state index is 0.0382. The third kappa shape index (κ3) is 5.33. The van der Waals surface area contributed by atoms with E-state index in [-0.39, 0.29) is 47.6 Å². The molecule has 2 aromatic rings. The van der Waals surface area contributed by atoms with Crippen molar-refractivity contribution in [1.29, 1.82) is 0 Å². The maximum Gasteiger partial charge on any atom is 0.270 e. The molecule has 0 aromatic heterocycles. The molecule has 0 radical (unpaired) electrons. The quantitative estimate of drug-likeness (QED) is 0.733. The molecule has 0 bridgehead atoms. The van der Waals surface area contributed by atoms with Crippen molar-refractivity contribution >= 4 is 27.5 Å². The highest BCUT2D eigenvalue weighted by Gasteiger charge is 2.28. The van der Waals surface area contributed by atoms with Crippen LogP contribution in [0.15, 0.2) is 58.5 Å². The van der Waals surface area contributed by atoms with Gasteiger partial charge in [-0.2, -0.15) is 5.10 Å². The number of sulfonamides is 1. The Kier molecular flexibility index (Phi) is 6.51. The van der Waals surface area contributed by atoms with E-state index in [1.165, 1.54) is 34.2 Å². The highest BCUT2D eigenvalue weighted by molar-refractivity contribution is 7.89. The van der Waals surface area contributed by atoms with Crippen LogP contribution in [-0.2, 0) is 26.2 Å². The zero-order valence-corrected chi connectivity index (χ0v) is 18.0. The number of nitrogens with two attached hydrogens (primary N) is 1. The zero-order chi connectivity index (χ0) is 22.8. The number of nitrogens with zero attached hydrogens (tertiary/aromatic N) is 3. The van der Waals surface area contributed by atoms with Crippen LogP contribution in [0.5, 0.6) is 0 Å². The minimum Gasteiger partial charge on any atom is -0.334 e. The molecule has 8 nitrogen and oxygen atoms in total. The smallest absolute Gasteiger partial charge is 0.270 e. The summed E-state index contributed by atoms with van der Waals surface area (Å²) in [6.45, 7) is 1.89. The van der Waals surface area contributed by atoms with Gasteiger partial charge in [-0.15, -0.1) is 0 Å². The molecule has 31 heavy (non-hydrogen) atoms. The second-order valence-corrected chi connectivity index (χ2v) is 8.90. The Labute approximate surface area is 180 Å². The van der Waals surface area contributed by atoms with Crippen molar-refractivity contribution in [3.63, 3.8) is 0 Å². The Bertz CT molecular complexity index is 1130. The molecule has 2 N–H and O–H groups in total. The van der Waals surface area contributed by atoms with Gasteiger partial charge in [-0.1, -0.05) is 24.3 Å². The molecule has 1 atom stereocenters. The second kappa shape index (κ2) is 8.94. The monoisotopic (exact) mass is 446 g/mol. The first-order chi connectivity index (χ1) is 14.6. The molecule has 2 aromatic carbocycles. The Morgan fingerprint density at radius 2 is 1.90 bits per heavy atom. The summed E-state index contributed by atoms with van der Waals surface area (Å²) in [4.78, 5) is 26.6. The Morgan fingerprint density at radius 1 is 1.23 bits per heavy atom. The average Bonchev–Trinajstić information content (AvgIpc) is 2.74. The van der Waals surface area contributed by atoms with Crippen molar-refractivity contribution in [2.45, 2.75) is 37.2 Å². The summed E-state index contributed by atoms with van der Waals surface area (Å²) in [7, 11) is -2.28. The first-order valence-corrected chi connectivity index (χ1v) is 11.1. The second-order valence-electron chi connectivity index (χ2n) is 7.33. The van der Waals surface area contributed by atoms with Gasteiger partial charge in [0.1, 0.15) is 11.5 Å². The largest absolute Gasteiger partial charge is 0.334 e. The van der Waals surface area contributed by atoms with Crippen LogP contribution in [0.4, 0.5) is 4.39 Å². The van der Waals surface area contributed by atoms with Crippen LogP contribution in [0.3, 0.4) is 0 Å².